The van der Waals surface area contributed by atoms with E-state index in [9.17, 15) is 4.79 Å². The molecular formula is C20H31N3O4S. The van der Waals surface area contributed by atoms with Gasteiger partial charge >= 0.3 is 6.03 Å². The summed E-state index contributed by atoms with van der Waals surface area (Å²) in [6.07, 6.45) is 1.04. The average molecular weight is 410 g/mol. The van der Waals surface area contributed by atoms with Gasteiger partial charge in [0.2, 0.25) is 0 Å². The summed E-state index contributed by atoms with van der Waals surface area (Å²) in [4.78, 5) is 17.4. The minimum atomic E-state index is 0.00976. The van der Waals surface area contributed by atoms with E-state index in [-0.39, 0.29) is 12.1 Å². The number of nitrogens with zero attached hydrogens (tertiary/aromatic N) is 2. The molecule has 0 unspecified atom stereocenters. The molecule has 1 aromatic rings. The number of ether oxygens (including phenoxy) is 3. The Hall–Kier alpha value is -1.64. The van der Waals surface area contributed by atoms with Crippen molar-refractivity contribution in [1.29, 1.82) is 0 Å². The molecule has 8 heteroatoms. The topological polar surface area (TPSA) is 63.3 Å². The van der Waals surface area contributed by atoms with Crippen LogP contribution in [0.5, 0.6) is 11.5 Å². The van der Waals surface area contributed by atoms with Crippen LogP contribution in [0.1, 0.15) is 12.0 Å². The summed E-state index contributed by atoms with van der Waals surface area (Å²) in [5.74, 6) is 3.46. The summed E-state index contributed by atoms with van der Waals surface area (Å²) in [5, 5.41) is 3.09. The van der Waals surface area contributed by atoms with Crippen LogP contribution in [0.15, 0.2) is 18.2 Å². The molecule has 0 radical (unpaired) electrons. The van der Waals surface area contributed by atoms with E-state index in [4.69, 9.17) is 14.2 Å². The number of carbonyl (C=O) groups is 1. The van der Waals surface area contributed by atoms with Gasteiger partial charge in [0.25, 0.3) is 0 Å². The molecule has 3 rings (SSSR count). The third kappa shape index (κ3) is 5.68. The highest BCUT2D eigenvalue weighted by molar-refractivity contribution is 7.99. The Morgan fingerprint density at radius 2 is 2.00 bits per heavy atom. The zero-order valence-electron chi connectivity index (χ0n) is 16.8. The standard InChI is InChI=1S/C20H31N3O4S/c1-25-18-5-4-16(12-19(18)26-2)13-21-20(24)23-6-3-11-28-15-17(23)14-22-7-9-27-10-8-22/h4-5,12,17H,3,6-11,13-15H2,1-2H3,(H,21,24)/t17-/m0/s1. The minimum absolute atomic E-state index is 0.00976. The Kier molecular flexibility index (Phi) is 8.12. The number of hydrogen-bond donors (Lipinski definition) is 1. The van der Waals surface area contributed by atoms with Gasteiger partial charge < -0.3 is 24.4 Å². The second-order valence-corrected chi connectivity index (χ2v) is 8.19. The molecule has 1 aromatic carbocycles. The molecule has 7 nitrogen and oxygen atoms in total. The van der Waals surface area contributed by atoms with Gasteiger partial charge in [-0.1, -0.05) is 6.07 Å². The van der Waals surface area contributed by atoms with Crippen LogP contribution in [0.25, 0.3) is 0 Å². The van der Waals surface area contributed by atoms with Crippen molar-refractivity contribution >= 4 is 17.8 Å². The Bertz CT molecular complexity index is 640. The number of rotatable bonds is 6. The number of urea groups is 1. The number of hydrogen-bond acceptors (Lipinski definition) is 6. The van der Waals surface area contributed by atoms with Crippen LogP contribution in [-0.4, -0.2) is 87.0 Å². The van der Waals surface area contributed by atoms with Gasteiger partial charge in [0.05, 0.1) is 33.5 Å². The smallest absolute Gasteiger partial charge is 0.317 e. The van der Waals surface area contributed by atoms with E-state index in [1.165, 1.54) is 0 Å². The van der Waals surface area contributed by atoms with Crippen molar-refractivity contribution in [3.8, 4) is 11.5 Å². The monoisotopic (exact) mass is 409 g/mol. The Morgan fingerprint density at radius 3 is 2.75 bits per heavy atom. The average Bonchev–Trinajstić information content (AvgIpc) is 2.98. The van der Waals surface area contributed by atoms with E-state index < -0.39 is 0 Å². The lowest BCUT2D eigenvalue weighted by Gasteiger charge is -2.35. The highest BCUT2D eigenvalue weighted by atomic mass is 32.2. The predicted octanol–water partition coefficient (Wildman–Crippen LogP) is 2.05. The quantitative estimate of drug-likeness (QED) is 0.776. The summed E-state index contributed by atoms with van der Waals surface area (Å²) in [6, 6.07) is 5.96. The molecule has 0 aliphatic carbocycles. The van der Waals surface area contributed by atoms with Gasteiger partial charge in [0, 0.05) is 38.5 Å². The van der Waals surface area contributed by atoms with Crippen LogP contribution in [0.2, 0.25) is 0 Å². The minimum Gasteiger partial charge on any atom is -0.493 e. The summed E-state index contributed by atoms with van der Waals surface area (Å²) >= 11 is 1.95. The molecule has 1 N–H and O–H groups in total. The zero-order chi connectivity index (χ0) is 19.8. The van der Waals surface area contributed by atoms with Crippen LogP contribution in [0, 0.1) is 0 Å². The van der Waals surface area contributed by atoms with Gasteiger partial charge in [0.1, 0.15) is 0 Å². The number of methoxy groups -OCH3 is 2. The van der Waals surface area contributed by atoms with E-state index >= 15 is 0 Å². The molecule has 2 aliphatic rings. The molecule has 156 valence electrons. The fourth-order valence-electron chi connectivity index (χ4n) is 3.60. The Labute approximate surface area is 171 Å². The maximum absolute atomic E-state index is 13.0. The SMILES string of the molecule is COc1ccc(CNC(=O)N2CCCSC[C@@H]2CN2CCOCC2)cc1OC. The molecule has 1 atom stereocenters. The third-order valence-electron chi connectivity index (χ3n) is 5.16. The largest absolute Gasteiger partial charge is 0.493 e. The Balaban J connectivity index is 1.60. The maximum Gasteiger partial charge on any atom is 0.317 e. The van der Waals surface area contributed by atoms with Crippen LogP contribution >= 0.6 is 11.8 Å². The van der Waals surface area contributed by atoms with E-state index in [2.05, 4.69) is 10.2 Å². The lowest BCUT2D eigenvalue weighted by Crippen LogP contribution is -2.52. The van der Waals surface area contributed by atoms with Gasteiger partial charge in [-0.2, -0.15) is 11.8 Å². The first kappa shape index (κ1) is 21.1. The fourth-order valence-corrected chi connectivity index (χ4v) is 4.66. The highest BCUT2D eigenvalue weighted by Crippen LogP contribution is 2.27. The molecule has 2 fully saturated rings. The van der Waals surface area contributed by atoms with Crippen LogP contribution in [-0.2, 0) is 11.3 Å². The molecule has 0 saturated carbocycles. The number of morpholine rings is 1. The van der Waals surface area contributed by atoms with Crippen molar-refractivity contribution in [1.82, 2.24) is 15.1 Å². The number of amides is 2. The predicted molar refractivity (Wildman–Crippen MR) is 111 cm³/mol. The summed E-state index contributed by atoms with van der Waals surface area (Å²) in [7, 11) is 3.23. The van der Waals surface area contributed by atoms with Gasteiger partial charge in [-0.15, -0.1) is 0 Å². The molecule has 28 heavy (non-hydrogen) atoms. The number of thioether (sulfide) groups is 1. The van der Waals surface area contributed by atoms with Crippen LogP contribution < -0.4 is 14.8 Å². The zero-order valence-corrected chi connectivity index (χ0v) is 17.6. The molecule has 2 heterocycles. The van der Waals surface area contributed by atoms with Crippen molar-refractivity contribution < 1.29 is 19.0 Å². The van der Waals surface area contributed by atoms with E-state index in [1.807, 2.05) is 34.9 Å². The fraction of sp³-hybridized carbons (Fsp3) is 0.650. The van der Waals surface area contributed by atoms with Gasteiger partial charge in [-0.25, -0.2) is 4.79 Å². The Morgan fingerprint density at radius 1 is 1.21 bits per heavy atom. The van der Waals surface area contributed by atoms with Crippen LogP contribution in [0.3, 0.4) is 0 Å². The molecule has 2 amide bonds. The van der Waals surface area contributed by atoms with Crippen molar-refractivity contribution in [2.24, 2.45) is 0 Å². The van der Waals surface area contributed by atoms with Crippen molar-refractivity contribution in [3.63, 3.8) is 0 Å². The lowest BCUT2D eigenvalue weighted by atomic mass is 10.2. The first-order valence-electron chi connectivity index (χ1n) is 9.84. The summed E-state index contributed by atoms with van der Waals surface area (Å²) in [6.45, 7) is 5.65. The molecule has 2 saturated heterocycles. The molecule has 0 bridgehead atoms. The summed E-state index contributed by atoms with van der Waals surface area (Å²) < 4.78 is 16.1. The number of carbonyl (C=O) groups excluding carboxylic acids is 1. The number of nitrogens with one attached hydrogen (secondary N) is 1. The molecule has 0 spiro atoms. The number of benzene rings is 1. The van der Waals surface area contributed by atoms with Crippen molar-refractivity contribution in [3.05, 3.63) is 23.8 Å². The first-order chi connectivity index (χ1) is 13.7. The third-order valence-corrected chi connectivity index (χ3v) is 6.36. The highest BCUT2D eigenvalue weighted by Gasteiger charge is 2.28. The van der Waals surface area contributed by atoms with E-state index in [0.29, 0.717) is 18.0 Å². The summed E-state index contributed by atoms with van der Waals surface area (Å²) in [5.41, 5.74) is 0.986. The van der Waals surface area contributed by atoms with E-state index in [0.717, 1.165) is 62.9 Å². The molecular weight excluding hydrogens is 378 g/mol. The van der Waals surface area contributed by atoms with Gasteiger partial charge in [0.15, 0.2) is 11.5 Å². The van der Waals surface area contributed by atoms with Gasteiger partial charge in [-0.05, 0) is 29.9 Å². The second kappa shape index (κ2) is 10.8. The molecule has 2 aliphatic heterocycles. The molecule has 0 aromatic heterocycles. The van der Waals surface area contributed by atoms with E-state index in [1.54, 1.807) is 14.2 Å². The van der Waals surface area contributed by atoms with Crippen LogP contribution in [0.4, 0.5) is 4.79 Å². The second-order valence-electron chi connectivity index (χ2n) is 7.04. The maximum atomic E-state index is 13.0. The van der Waals surface area contributed by atoms with Crippen molar-refractivity contribution in [2.75, 3.05) is 65.1 Å². The normalized spacial score (nSPS) is 21.1. The first-order valence-corrected chi connectivity index (χ1v) is 11.0. The lowest BCUT2D eigenvalue weighted by molar-refractivity contribution is 0.0283. The van der Waals surface area contributed by atoms with Crippen molar-refractivity contribution in [2.45, 2.75) is 19.0 Å². The van der Waals surface area contributed by atoms with Gasteiger partial charge in [-0.3, -0.25) is 4.90 Å².